The molecule has 0 bridgehead atoms. The summed E-state index contributed by atoms with van der Waals surface area (Å²) in [6.07, 6.45) is -2.84. The highest BCUT2D eigenvalue weighted by atomic mass is 16.6. The molecular formula is C19H24N6O6. The van der Waals surface area contributed by atoms with Crippen LogP contribution < -0.4 is 11.5 Å². The van der Waals surface area contributed by atoms with Crippen LogP contribution in [0.1, 0.15) is 26.5 Å². The number of hydrogen-bond donors (Lipinski definition) is 3. The number of esters is 2. The Morgan fingerprint density at radius 3 is 2.77 bits per heavy atom. The molecule has 0 aromatic carbocycles. The number of aliphatic hydroxyl groups is 1. The van der Waals surface area contributed by atoms with Crippen LogP contribution in [0.2, 0.25) is 0 Å². The molecular weight excluding hydrogens is 408 g/mol. The lowest BCUT2D eigenvalue weighted by atomic mass is 9.92. The lowest BCUT2D eigenvalue weighted by Gasteiger charge is -2.24. The summed E-state index contributed by atoms with van der Waals surface area (Å²) in [5, 5.41) is 25.1. The second-order valence-corrected chi connectivity index (χ2v) is 7.58. The van der Waals surface area contributed by atoms with Crippen LogP contribution in [0.3, 0.4) is 0 Å². The number of rotatable bonds is 6. The molecule has 0 aliphatic carbocycles. The first-order valence-electron chi connectivity index (χ1n) is 9.57. The van der Waals surface area contributed by atoms with E-state index in [1.54, 1.807) is 19.9 Å². The lowest BCUT2D eigenvalue weighted by molar-refractivity contribution is -0.159. The average Bonchev–Trinajstić information content (AvgIpc) is 3.27. The van der Waals surface area contributed by atoms with E-state index in [-0.39, 0.29) is 17.4 Å². The number of carbonyl (C=O) groups is 2. The van der Waals surface area contributed by atoms with Gasteiger partial charge in [-0.3, -0.25) is 9.59 Å². The van der Waals surface area contributed by atoms with Crippen LogP contribution in [-0.4, -0.2) is 62.6 Å². The Morgan fingerprint density at radius 1 is 1.45 bits per heavy atom. The van der Waals surface area contributed by atoms with Crippen molar-refractivity contribution in [2.24, 2.45) is 11.7 Å². The molecule has 5 atom stereocenters. The Morgan fingerprint density at radius 2 is 2.16 bits per heavy atom. The third kappa shape index (κ3) is 3.90. The lowest BCUT2D eigenvalue weighted by Crippen LogP contribution is -2.43. The molecule has 5 N–H and O–H groups in total. The molecule has 1 saturated heterocycles. The van der Waals surface area contributed by atoms with E-state index in [1.807, 2.05) is 6.07 Å². The second-order valence-electron chi connectivity index (χ2n) is 7.58. The Hall–Kier alpha value is -3.27. The molecule has 12 nitrogen and oxygen atoms in total. The second kappa shape index (κ2) is 8.46. The van der Waals surface area contributed by atoms with Gasteiger partial charge < -0.3 is 30.8 Å². The van der Waals surface area contributed by atoms with Crippen molar-refractivity contribution in [1.29, 1.82) is 5.26 Å². The van der Waals surface area contributed by atoms with E-state index < -0.39 is 48.5 Å². The van der Waals surface area contributed by atoms with Gasteiger partial charge in [-0.05, 0) is 18.1 Å². The monoisotopic (exact) mass is 432 g/mol. The molecule has 1 aliphatic rings. The number of aromatic nitrogens is 3. The predicted molar refractivity (Wildman–Crippen MR) is 105 cm³/mol. The summed E-state index contributed by atoms with van der Waals surface area (Å²) in [6.45, 7) is 4.28. The van der Waals surface area contributed by atoms with E-state index in [2.05, 4.69) is 10.1 Å². The van der Waals surface area contributed by atoms with E-state index in [1.165, 1.54) is 16.9 Å². The first kappa shape index (κ1) is 22.4. The van der Waals surface area contributed by atoms with Gasteiger partial charge in [0.05, 0.1) is 5.69 Å². The Labute approximate surface area is 177 Å². The standard InChI is InChI=1S/C19H24N6O6/c1-9(2)14(21)18(28)29-6-12-15(30-10(3)26)16(27)19(7-20,31-12)13-5-4-11-17(22)23-8-24-25(11)13/h4-5,8-9,12,14-16,27H,6,21H2,1-3H3,(H2,22,23,24)/t12-,14+,15-,16-,19+/m1/s1. The van der Waals surface area contributed by atoms with Crippen molar-refractivity contribution in [2.75, 3.05) is 12.3 Å². The van der Waals surface area contributed by atoms with Gasteiger partial charge >= 0.3 is 11.9 Å². The van der Waals surface area contributed by atoms with Crippen molar-refractivity contribution < 1.29 is 28.9 Å². The predicted octanol–water partition coefficient (Wildman–Crippen LogP) is -0.752. The van der Waals surface area contributed by atoms with Gasteiger partial charge in [-0.15, -0.1) is 0 Å². The van der Waals surface area contributed by atoms with Crippen molar-refractivity contribution in [3.8, 4) is 6.07 Å². The van der Waals surface area contributed by atoms with Crippen molar-refractivity contribution in [2.45, 2.75) is 50.7 Å². The molecule has 1 aliphatic heterocycles. The van der Waals surface area contributed by atoms with Crippen LogP contribution in [0, 0.1) is 17.2 Å². The maximum absolute atomic E-state index is 12.2. The van der Waals surface area contributed by atoms with Crippen molar-refractivity contribution in [3.05, 3.63) is 24.2 Å². The Balaban J connectivity index is 1.96. The Kier molecular flexibility index (Phi) is 6.12. The van der Waals surface area contributed by atoms with Crippen LogP contribution in [0.15, 0.2) is 18.5 Å². The van der Waals surface area contributed by atoms with Crippen LogP contribution in [0.25, 0.3) is 5.52 Å². The molecule has 1 fully saturated rings. The highest BCUT2D eigenvalue weighted by Crippen LogP contribution is 2.41. The normalized spacial score (nSPS) is 26.5. The maximum Gasteiger partial charge on any atom is 0.323 e. The molecule has 3 heterocycles. The average molecular weight is 432 g/mol. The number of nitriles is 1. The Bertz CT molecular complexity index is 1030. The maximum atomic E-state index is 12.2. The summed E-state index contributed by atoms with van der Waals surface area (Å²) in [5.41, 5.74) is 10.2. The zero-order valence-electron chi connectivity index (χ0n) is 17.3. The van der Waals surface area contributed by atoms with E-state index in [0.717, 1.165) is 6.92 Å². The minimum atomic E-state index is -1.98. The number of nitrogens with zero attached hydrogens (tertiary/aromatic N) is 4. The number of hydrogen-bond acceptors (Lipinski definition) is 11. The molecule has 0 amide bonds. The number of nitrogen functional groups attached to an aromatic ring is 1. The molecule has 0 radical (unpaired) electrons. The van der Waals surface area contributed by atoms with Crippen molar-refractivity contribution >= 4 is 23.3 Å². The van der Waals surface area contributed by atoms with E-state index >= 15 is 0 Å². The van der Waals surface area contributed by atoms with E-state index in [4.69, 9.17) is 25.7 Å². The van der Waals surface area contributed by atoms with Crippen LogP contribution in [0.4, 0.5) is 5.82 Å². The fourth-order valence-corrected chi connectivity index (χ4v) is 3.40. The highest BCUT2D eigenvalue weighted by Gasteiger charge is 2.59. The van der Waals surface area contributed by atoms with Crippen LogP contribution in [-0.2, 0) is 29.4 Å². The summed E-state index contributed by atoms with van der Waals surface area (Å²) in [4.78, 5) is 27.7. The summed E-state index contributed by atoms with van der Waals surface area (Å²) >= 11 is 0. The minimum absolute atomic E-state index is 0.150. The number of ether oxygens (including phenoxy) is 3. The zero-order chi connectivity index (χ0) is 22.9. The van der Waals surface area contributed by atoms with Gasteiger partial charge in [-0.25, -0.2) is 9.50 Å². The largest absolute Gasteiger partial charge is 0.462 e. The first-order chi connectivity index (χ1) is 14.6. The SMILES string of the molecule is CC(=O)O[C@H]1[C@@H](O)[C@](C#N)(c2ccc3c(N)ncnn23)O[C@@H]1COC(=O)[C@@H](N)C(C)C. The van der Waals surface area contributed by atoms with Gasteiger partial charge in [-0.1, -0.05) is 13.8 Å². The molecule has 2 aromatic heterocycles. The summed E-state index contributed by atoms with van der Waals surface area (Å²) < 4.78 is 17.6. The summed E-state index contributed by atoms with van der Waals surface area (Å²) in [5.74, 6) is -1.39. The van der Waals surface area contributed by atoms with Gasteiger partial charge in [0.2, 0.25) is 5.60 Å². The first-order valence-corrected chi connectivity index (χ1v) is 9.57. The van der Waals surface area contributed by atoms with Crippen LogP contribution in [0.5, 0.6) is 0 Å². The molecule has 2 aromatic rings. The fraction of sp³-hybridized carbons (Fsp3) is 0.526. The molecule has 0 saturated carbocycles. The number of aliphatic hydroxyl groups excluding tert-OH is 1. The summed E-state index contributed by atoms with van der Waals surface area (Å²) in [7, 11) is 0. The molecule has 12 heteroatoms. The fourth-order valence-electron chi connectivity index (χ4n) is 3.40. The van der Waals surface area contributed by atoms with Gasteiger partial charge in [0.1, 0.15) is 42.8 Å². The smallest absolute Gasteiger partial charge is 0.323 e. The number of anilines is 1. The topological polar surface area (TPSA) is 188 Å². The zero-order valence-corrected chi connectivity index (χ0v) is 17.3. The molecule has 166 valence electrons. The summed E-state index contributed by atoms with van der Waals surface area (Å²) in [6, 6.07) is 4.15. The minimum Gasteiger partial charge on any atom is -0.462 e. The van der Waals surface area contributed by atoms with Gasteiger partial charge in [0.15, 0.2) is 11.9 Å². The van der Waals surface area contributed by atoms with Crippen molar-refractivity contribution in [1.82, 2.24) is 14.6 Å². The highest BCUT2D eigenvalue weighted by molar-refractivity contribution is 5.75. The number of fused-ring (bicyclic) bond motifs is 1. The van der Waals surface area contributed by atoms with Gasteiger partial charge in [0.25, 0.3) is 0 Å². The molecule has 0 unspecified atom stereocenters. The van der Waals surface area contributed by atoms with Gasteiger partial charge in [-0.2, -0.15) is 10.4 Å². The molecule has 0 spiro atoms. The number of nitrogens with two attached hydrogens (primary N) is 2. The molecule has 3 rings (SSSR count). The molecule has 31 heavy (non-hydrogen) atoms. The van der Waals surface area contributed by atoms with E-state index in [9.17, 15) is 20.0 Å². The number of carbonyl (C=O) groups excluding carboxylic acids is 2. The quantitative estimate of drug-likeness (QED) is 0.487. The van der Waals surface area contributed by atoms with E-state index in [0.29, 0.717) is 5.52 Å². The third-order valence-electron chi connectivity index (χ3n) is 5.14. The van der Waals surface area contributed by atoms with Crippen LogP contribution >= 0.6 is 0 Å². The van der Waals surface area contributed by atoms with Crippen molar-refractivity contribution in [3.63, 3.8) is 0 Å². The van der Waals surface area contributed by atoms with Gasteiger partial charge in [0, 0.05) is 6.92 Å². The third-order valence-corrected chi connectivity index (χ3v) is 5.14.